The highest BCUT2D eigenvalue weighted by atomic mass is 32.1. The third-order valence-electron chi connectivity index (χ3n) is 3.09. The minimum Gasteiger partial charge on any atom is -0.492 e. The van der Waals surface area contributed by atoms with Gasteiger partial charge in [-0.25, -0.2) is 4.98 Å². The van der Waals surface area contributed by atoms with Crippen LogP contribution in [-0.2, 0) is 0 Å². The third-order valence-corrected chi connectivity index (χ3v) is 3.94. The third kappa shape index (κ3) is 3.98. The molecule has 23 heavy (non-hydrogen) atoms. The standard InChI is InChI=1S/C17H16N2O3S/c1-12-7-8-15(22-12)17-19-14(11-23-17)16(20)18-9-10-21-13-5-3-2-4-6-13/h2-8,11H,9-10H2,1H3,(H,18,20). The summed E-state index contributed by atoms with van der Waals surface area (Å²) < 4.78 is 11.0. The molecule has 0 saturated heterocycles. The van der Waals surface area contributed by atoms with Gasteiger partial charge in [-0.3, -0.25) is 4.79 Å². The Morgan fingerprint density at radius 3 is 2.83 bits per heavy atom. The molecule has 1 N–H and O–H groups in total. The number of hydrogen-bond acceptors (Lipinski definition) is 5. The highest BCUT2D eigenvalue weighted by Crippen LogP contribution is 2.25. The van der Waals surface area contributed by atoms with E-state index in [9.17, 15) is 4.79 Å². The van der Waals surface area contributed by atoms with Gasteiger partial charge < -0.3 is 14.5 Å². The van der Waals surface area contributed by atoms with E-state index in [0.717, 1.165) is 11.5 Å². The van der Waals surface area contributed by atoms with Crippen molar-refractivity contribution in [1.29, 1.82) is 0 Å². The number of thiazole rings is 1. The van der Waals surface area contributed by atoms with Gasteiger partial charge in [0, 0.05) is 5.38 Å². The number of hydrogen-bond donors (Lipinski definition) is 1. The fourth-order valence-electron chi connectivity index (χ4n) is 1.98. The van der Waals surface area contributed by atoms with Gasteiger partial charge in [0.15, 0.2) is 10.8 Å². The summed E-state index contributed by atoms with van der Waals surface area (Å²) in [6, 6.07) is 13.2. The Morgan fingerprint density at radius 2 is 2.09 bits per heavy atom. The van der Waals surface area contributed by atoms with Crippen molar-refractivity contribution in [2.45, 2.75) is 6.92 Å². The van der Waals surface area contributed by atoms with Gasteiger partial charge in [-0.1, -0.05) is 18.2 Å². The molecule has 0 bridgehead atoms. The molecule has 0 atom stereocenters. The Morgan fingerprint density at radius 1 is 1.26 bits per heavy atom. The molecule has 2 aromatic heterocycles. The maximum absolute atomic E-state index is 12.1. The van der Waals surface area contributed by atoms with Crippen LogP contribution >= 0.6 is 11.3 Å². The average molecular weight is 328 g/mol. The Labute approximate surface area is 137 Å². The monoisotopic (exact) mass is 328 g/mol. The first-order valence-corrected chi connectivity index (χ1v) is 8.09. The van der Waals surface area contributed by atoms with Crippen molar-refractivity contribution in [3.63, 3.8) is 0 Å². The number of nitrogens with one attached hydrogen (secondary N) is 1. The predicted octanol–water partition coefficient (Wildman–Crippen LogP) is 3.52. The fraction of sp³-hybridized carbons (Fsp3) is 0.176. The molecule has 0 saturated carbocycles. The summed E-state index contributed by atoms with van der Waals surface area (Å²) in [5.41, 5.74) is 0.388. The number of aryl methyl sites for hydroxylation is 1. The van der Waals surface area contributed by atoms with Crippen LogP contribution in [0.5, 0.6) is 5.75 Å². The number of para-hydroxylation sites is 1. The Kier molecular flexibility index (Phi) is 4.73. The molecule has 3 rings (SSSR count). The molecule has 1 amide bonds. The summed E-state index contributed by atoms with van der Waals surface area (Å²) in [5.74, 6) is 2.07. The smallest absolute Gasteiger partial charge is 0.270 e. The van der Waals surface area contributed by atoms with Gasteiger partial charge >= 0.3 is 0 Å². The van der Waals surface area contributed by atoms with Crippen LogP contribution in [0.15, 0.2) is 52.3 Å². The highest BCUT2D eigenvalue weighted by Gasteiger charge is 2.13. The molecule has 6 heteroatoms. The number of benzene rings is 1. The highest BCUT2D eigenvalue weighted by molar-refractivity contribution is 7.13. The molecule has 0 fully saturated rings. The van der Waals surface area contributed by atoms with Gasteiger partial charge in [-0.05, 0) is 31.2 Å². The van der Waals surface area contributed by atoms with Crippen molar-refractivity contribution in [2.75, 3.05) is 13.2 Å². The van der Waals surface area contributed by atoms with Crippen LogP contribution in [0, 0.1) is 6.92 Å². The quantitative estimate of drug-likeness (QED) is 0.703. The molecule has 3 aromatic rings. The maximum Gasteiger partial charge on any atom is 0.270 e. The molecule has 5 nitrogen and oxygen atoms in total. The van der Waals surface area contributed by atoms with Gasteiger partial charge in [-0.15, -0.1) is 11.3 Å². The first-order chi connectivity index (χ1) is 11.2. The van der Waals surface area contributed by atoms with Gasteiger partial charge in [0.2, 0.25) is 0 Å². The zero-order chi connectivity index (χ0) is 16.1. The summed E-state index contributed by atoms with van der Waals surface area (Å²) >= 11 is 1.38. The molecule has 0 aliphatic carbocycles. The van der Waals surface area contributed by atoms with E-state index >= 15 is 0 Å². The van der Waals surface area contributed by atoms with Crippen molar-refractivity contribution >= 4 is 17.2 Å². The Hall–Kier alpha value is -2.60. The van der Waals surface area contributed by atoms with E-state index in [2.05, 4.69) is 10.3 Å². The number of carbonyl (C=O) groups is 1. The molecule has 0 aliphatic rings. The largest absolute Gasteiger partial charge is 0.492 e. The second kappa shape index (κ2) is 7.11. The fourth-order valence-corrected chi connectivity index (χ4v) is 2.74. The van der Waals surface area contributed by atoms with Crippen LogP contribution in [0.1, 0.15) is 16.2 Å². The van der Waals surface area contributed by atoms with Gasteiger partial charge in [0.25, 0.3) is 5.91 Å². The van der Waals surface area contributed by atoms with Crippen LogP contribution in [0.25, 0.3) is 10.8 Å². The van der Waals surface area contributed by atoms with Crippen LogP contribution in [0.2, 0.25) is 0 Å². The summed E-state index contributed by atoms with van der Waals surface area (Å²) in [7, 11) is 0. The zero-order valence-electron chi connectivity index (χ0n) is 12.6. The number of carbonyl (C=O) groups excluding carboxylic acids is 1. The number of furan rings is 1. The van der Waals surface area contributed by atoms with Crippen LogP contribution in [-0.4, -0.2) is 24.0 Å². The van der Waals surface area contributed by atoms with E-state index in [0.29, 0.717) is 29.6 Å². The lowest BCUT2D eigenvalue weighted by molar-refractivity contribution is 0.0943. The van der Waals surface area contributed by atoms with Crippen LogP contribution < -0.4 is 10.1 Å². The summed E-state index contributed by atoms with van der Waals surface area (Å²) in [5, 5.41) is 5.21. The van der Waals surface area contributed by atoms with E-state index in [1.54, 1.807) is 5.38 Å². The van der Waals surface area contributed by atoms with Crippen molar-refractivity contribution < 1.29 is 13.9 Å². The van der Waals surface area contributed by atoms with Crippen LogP contribution in [0.3, 0.4) is 0 Å². The van der Waals surface area contributed by atoms with Crippen molar-refractivity contribution in [2.24, 2.45) is 0 Å². The van der Waals surface area contributed by atoms with Crippen molar-refractivity contribution in [3.8, 4) is 16.5 Å². The summed E-state index contributed by atoms with van der Waals surface area (Å²) in [6.07, 6.45) is 0. The van der Waals surface area contributed by atoms with E-state index in [4.69, 9.17) is 9.15 Å². The van der Waals surface area contributed by atoms with Gasteiger partial charge in [-0.2, -0.15) is 0 Å². The first-order valence-electron chi connectivity index (χ1n) is 7.21. The SMILES string of the molecule is Cc1ccc(-c2nc(C(=O)NCCOc3ccccc3)cs2)o1. The molecule has 0 unspecified atom stereocenters. The predicted molar refractivity (Wildman–Crippen MR) is 88.8 cm³/mol. The molecular formula is C17H16N2O3S. The Balaban J connectivity index is 1.50. The number of aromatic nitrogens is 1. The number of rotatable bonds is 6. The first kappa shape index (κ1) is 15.3. The molecule has 1 aromatic carbocycles. The van der Waals surface area contributed by atoms with Gasteiger partial charge in [0.05, 0.1) is 6.54 Å². The molecule has 0 radical (unpaired) electrons. The van der Waals surface area contributed by atoms with E-state index in [1.165, 1.54) is 11.3 Å². The molecule has 118 valence electrons. The second-order valence-electron chi connectivity index (χ2n) is 4.87. The molecule has 2 heterocycles. The lowest BCUT2D eigenvalue weighted by atomic mass is 10.3. The second-order valence-corrected chi connectivity index (χ2v) is 5.72. The molecular weight excluding hydrogens is 312 g/mol. The van der Waals surface area contributed by atoms with Crippen molar-refractivity contribution in [3.05, 3.63) is 59.3 Å². The summed E-state index contributed by atoms with van der Waals surface area (Å²) in [4.78, 5) is 16.4. The lowest BCUT2D eigenvalue weighted by Crippen LogP contribution is -2.28. The van der Waals surface area contributed by atoms with E-state index in [-0.39, 0.29) is 5.91 Å². The van der Waals surface area contributed by atoms with Gasteiger partial charge in [0.1, 0.15) is 23.8 Å². The minimum atomic E-state index is -0.215. The molecule has 0 aliphatic heterocycles. The molecule has 0 spiro atoms. The zero-order valence-corrected chi connectivity index (χ0v) is 13.4. The average Bonchev–Trinajstić information content (AvgIpc) is 3.21. The minimum absolute atomic E-state index is 0.215. The maximum atomic E-state index is 12.1. The number of ether oxygens (including phenoxy) is 1. The topological polar surface area (TPSA) is 64.4 Å². The summed E-state index contributed by atoms with van der Waals surface area (Å²) in [6.45, 7) is 2.70. The normalized spacial score (nSPS) is 10.5. The Bertz CT molecular complexity index is 780. The van der Waals surface area contributed by atoms with Crippen molar-refractivity contribution in [1.82, 2.24) is 10.3 Å². The van der Waals surface area contributed by atoms with E-state index in [1.807, 2.05) is 49.4 Å². The van der Waals surface area contributed by atoms with Crippen LogP contribution in [0.4, 0.5) is 0 Å². The number of amides is 1. The lowest BCUT2D eigenvalue weighted by Gasteiger charge is -2.06. The number of nitrogens with zero attached hydrogens (tertiary/aromatic N) is 1. The van der Waals surface area contributed by atoms with E-state index < -0.39 is 0 Å².